The number of halogens is 2. The SMILES string of the molecule is O=C1CCCC2=C1C(c1ccc3ccccc3c1)CC(=O)N2c1ccc(F)c(Cl)c1. The number of nitrogens with zero attached hydrogens (tertiary/aromatic N) is 1. The maximum absolute atomic E-state index is 13.7. The molecule has 0 aromatic heterocycles. The minimum Gasteiger partial charge on any atom is -0.294 e. The Bertz CT molecular complexity index is 1230. The van der Waals surface area contributed by atoms with Gasteiger partial charge in [0, 0.05) is 30.0 Å². The summed E-state index contributed by atoms with van der Waals surface area (Å²) >= 11 is 5.97. The van der Waals surface area contributed by atoms with Crippen LogP contribution in [0.3, 0.4) is 0 Å². The average Bonchev–Trinajstić information content (AvgIpc) is 2.75. The summed E-state index contributed by atoms with van der Waals surface area (Å²) in [5, 5.41) is 2.16. The number of hydrogen-bond acceptors (Lipinski definition) is 2. The summed E-state index contributed by atoms with van der Waals surface area (Å²) in [5.41, 5.74) is 2.91. The van der Waals surface area contributed by atoms with Crippen LogP contribution >= 0.6 is 11.6 Å². The highest BCUT2D eigenvalue weighted by Gasteiger charge is 2.39. The molecule has 1 aliphatic carbocycles. The van der Waals surface area contributed by atoms with Gasteiger partial charge in [0.15, 0.2) is 5.78 Å². The molecule has 0 saturated carbocycles. The van der Waals surface area contributed by atoms with Crippen molar-refractivity contribution in [2.24, 2.45) is 0 Å². The van der Waals surface area contributed by atoms with E-state index in [2.05, 4.69) is 6.07 Å². The number of anilines is 1. The van der Waals surface area contributed by atoms with E-state index >= 15 is 0 Å². The van der Waals surface area contributed by atoms with Gasteiger partial charge in [0.1, 0.15) is 5.82 Å². The van der Waals surface area contributed by atoms with Crippen molar-refractivity contribution >= 4 is 39.8 Å². The van der Waals surface area contributed by atoms with Crippen LogP contribution in [0, 0.1) is 5.82 Å². The molecule has 3 nitrogen and oxygen atoms in total. The zero-order chi connectivity index (χ0) is 20.8. The Kier molecular flexibility index (Phi) is 4.67. The molecule has 0 N–H and O–H groups in total. The molecule has 1 amide bonds. The van der Waals surface area contributed by atoms with Crippen LogP contribution in [0.15, 0.2) is 71.9 Å². The van der Waals surface area contributed by atoms with Gasteiger partial charge in [0.2, 0.25) is 5.91 Å². The number of Topliss-reactive ketones (excluding diaryl/α,β-unsaturated/α-hetero) is 1. The third-order valence-corrected chi connectivity index (χ3v) is 6.30. The molecule has 0 bridgehead atoms. The van der Waals surface area contributed by atoms with Crippen LogP contribution in [-0.2, 0) is 9.59 Å². The van der Waals surface area contributed by atoms with Crippen molar-refractivity contribution in [1.82, 2.24) is 0 Å². The molecule has 0 fully saturated rings. The highest BCUT2D eigenvalue weighted by atomic mass is 35.5. The van der Waals surface area contributed by atoms with E-state index in [-0.39, 0.29) is 29.1 Å². The maximum atomic E-state index is 13.7. The van der Waals surface area contributed by atoms with E-state index in [9.17, 15) is 14.0 Å². The Morgan fingerprint density at radius 1 is 0.933 bits per heavy atom. The highest BCUT2D eigenvalue weighted by molar-refractivity contribution is 6.31. The van der Waals surface area contributed by atoms with Crippen LogP contribution in [0.2, 0.25) is 5.02 Å². The van der Waals surface area contributed by atoms with Gasteiger partial charge in [-0.05, 0) is 47.4 Å². The Balaban J connectivity index is 1.65. The first-order valence-electron chi connectivity index (χ1n) is 10.1. The molecule has 1 unspecified atom stereocenters. The lowest BCUT2D eigenvalue weighted by molar-refractivity contribution is -0.119. The number of ketones is 1. The van der Waals surface area contributed by atoms with Gasteiger partial charge in [0.05, 0.1) is 10.7 Å². The third-order valence-electron chi connectivity index (χ3n) is 6.01. The molecule has 0 radical (unpaired) electrons. The topological polar surface area (TPSA) is 37.4 Å². The zero-order valence-corrected chi connectivity index (χ0v) is 17.0. The van der Waals surface area contributed by atoms with Gasteiger partial charge < -0.3 is 0 Å². The lowest BCUT2D eigenvalue weighted by Crippen LogP contribution is -2.40. The minimum absolute atomic E-state index is 0.0405. The lowest BCUT2D eigenvalue weighted by atomic mass is 9.77. The van der Waals surface area contributed by atoms with Gasteiger partial charge in [-0.25, -0.2) is 4.39 Å². The summed E-state index contributed by atoms with van der Waals surface area (Å²) in [5.74, 6) is -0.825. The molecule has 1 heterocycles. The molecule has 5 heteroatoms. The molecule has 1 atom stereocenters. The Hall–Kier alpha value is -2.98. The number of amides is 1. The molecule has 3 aromatic rings. The Morgan fingerprint density at radius 3 is 2.53 bits per heavy atom. The predicted octanol–water partition coefficient (Wildman–Crippen LogP) is 6.16. The monoisotopic (exact) mass is 419 g/mol. The standard InChI is InChI=1S/C25H19ClFNO2/c26-20-13-18(10-11-21(20)27)28-22-6-3-7-23(29)25(22)19(14-24(28)30)17-9-8-15-4-1-2-5-16(15)12-17/h1-2,4-5,8-13,19H,3,6-7,14H2. The summed E-state index contributed by atoms with van der Waals surface area (Å²) in [6.07, 6.45) is 2.00. The first kappa shape index (κ1) is 19.0. The first-order chi connectivity index (χ1) is 14.5. The van der Waals surface area contributed by atoms with E-state index in [4.69, 9.17) is 11.6 Å². The fourth-order valence-corrected chi connectivity index (χ4v) is 4.80. The molecule has 0 spiro atoms. The van der Waals surface area contributed by atoms with Crippen LogP contribution in [0.5, 0.6) is 0 Å². The summed E-state index contributed by atoms with van der Waals surface area (Å²) in [4.78, 5) is 27.8. The minimum atomic E-state index is -0.534. The predicted molar refractivity (Wildman–Crippen MR) is 116 cm³/mol. The second-order valence-corrected chi connectivity index (χ2v) is 8.24. The fraction of sp³-hybridized carbons (Fsp3) is 0.200. The van der Waals surface area contributed by atoms with E-state index in [1.165, 1.54) is 12.1 Å². The molecular weight excluding hydrogens is 401 g/mol. The van der Waals surface area contributed by atoms with Crippen molar-refractivity contribution in [3.8, 4) is 0 Å². The fourth-order valence-electron chi connectivity index (χ4n) is 4.63. The molecule has 30 heavy (non-hydrogen) atoms. The van der Waals surface area contributed by atoms with Crippen LogP contribution in [0.1, 0.15) is 37.2 Å². The van der Waals surface area contributed by atoms with Crippen LogP contribution < -0.4 is 4.90 Å². The van der Waals surface area contributed by atoms with Gasteiger partial charge in [-0.2, -0.15) is 0 Å². The van der Waals surface area contributed by atoms with E-state index in [0.717, 1.165) is 22.0 Å². The Morgan fingerprint density at radius 2 is 1.73 bits per heavy atom. The van der Waals surface area contributed by atoms with E-state index in [1.807, 2.05) is 36.4 Å². The summed E-state index contributed by atoms with van der Waals surface area (Å²) in [6, 6.07) is 18.4. The van der Waals surface area contributed by atoms with Gasteiger partial charge in [-0.1, -0.05) is 54.1 Å². The quantitative estimate of drug-likeness (QED) is 0.498. The lowest BCUT2D eigenvalue weighted by Gasteiger charge is -2.38. The van der Waals surface area contributed by atoms with Crippen molar-refractivity contribution < 1.29 is 14.0 Å². The van der Waals surface area contributed by atoms with Crippen molar-refractivity contribution in [3.63, 3.8) is 0 Å². The average molecular weight is 420 g/mol. The number of fused-ring (bicyclic) bond motifs is 1. The van der Waals surface area contributed by atoms with Crippen molar-refractivity contribution in [2.45, 2.75) is 31.6 Å². The smallest absolute Gasteiger partial charge is 0.232 e. The molecule has 5 rings (SSSR count). The third kappa shape index (κ3) is 3.12. The van der Waals surface area contributed by atoms with Gasteiger partial charge in [0.25, 0.3) is 0 Å². The van der Waals surface area contributed by atoms with E-state index < -0.39 is 5.82 Å². The van der Waals surface area contributed by atoms with Crippen molar-refractivity contribution in [2.75, 3.05) is 4.90 Å². The van der Waals surface area contributed by atoms with Crippen LogP contribution in [-0.4, -0.2) is 11.7 Å². The number of carbonyl (C=O) groups is 2. The molecule has 2 aliphatic rings. The molecule has 0 saturated heterocycles. The van der Waals surface area contributed by atoms with E-state index in [1.54, 1.807) is 11.0 Å². The van der Waals surface area contributed by atoms with Crippen molar-refractivity contribution in [3.05, 3.63) is 88.3 Å². The number of rotatable bonds is 2. The van der Waals surface area contributed by atoms with Crippen molar-refractivity contribution in [1.29, 1.82) is 0 Å². The van der Waals surface area contributed by atoms with Gasteiger partial charge >= 0.3 is 0 Å². The zero-order valence-electron chi connectivity index (χ0n) is 16.2. The number of carbonyl (C=O) groups excluding carboxylic acids is 2. The largest absolute Gasteiger partial charge is 0.294 e. The Labute approximate surface area is 178 Å². The molecule has 3 aromatic carbocycles. The summed E-state index contributed by atoms with van der Waals surface area (Å²) in [7, 11) is 0. The highest BCUT2D eigenvalue weighted by Crippen LogP contribution is 2.44. The number of hydrogen-bond donors (Lipinski definition) is 0. The summed E-state index contributed by atoms with van der Waals surface area (Å²) in [6.45, 7) is 0. The van der Waals surface area contributed by atoms with E-state index in [0.29, 0.717) is 30.5 Å². The van der Waals surface area contributed by atoms with Gasteiger partial charge in [-0.15, -0.1) is 0 Å². The number of benzene rings is 3. The second kappa shape index (κ2) is 7.37. The first-order valence-corrected chi connectivity index (χ1v) is 10.4. The second-order valence-electron chi connectivity index (χ2n) is 7.83. The molecular formula is C25H19ClFNO2. The summed E-state index contributed by atoms with van der Waals surface area (Å²) < 4.78 is 13.7. The molecule has 150 valence electrons. The maximum Gasteiger partial charge on any atom is 0.232 e. The normalized spacial score (nSPS) is 19.4. The van der Waals surface area contributed by atoms with Crippen LogP contribution in [0.4, 0.5) is 10.1 Å². The molecule has 1 aliphatic heterocycles. The number of allylic oxidation sites excluding steroid dienone is 2. The van der Waals surface area contributed by atoms with Crippen LogP contribution in [0.25, 0.3) is 10.8 Å². The van der Waals surface area contributed by atoms with Gasteiger partial charge in [-0.3, -0.25) is 14.5 Å².